The number of amides is 1. The van der Waals surface area contributed by atoms with Gasteiger partial charge in [-0.3, -0.25) is 19.2 Å². The number of aliphatic hydroxyl groups is 3. The highest BCUT2D eigenvalue weighted by Crippen LogP contribution is 2.38. The number of Topliss-reactive ketones (excluding diaryl/α,β-unsaturated/α-hetero) is 3. The van der Waals surface area contributed by atoms with Crippen LogP contribution in [0, 0.1) is 35.5 Å². The number of nitrogens with zero attached hydrogens (tertiary/aromatic N) is 1. The Bertz CT molecular complexity index is 2140. The molecular weight excluding hydrogens is 1000 g/mol. The predicted molar refractivity (Wildman–Crippen MR) is 285 cm³/mol. The third-order valence-corrected chi connectivity index (χ3v) is 17.5. The summed E-state index contributed by atoms with van der Waals surface area (Å²) in [5.74, 6) is -9.15. The molecule has 1 saturated carbocycles. The fourth-order valence-electron chi connectivity index (χ4n) is 11.0. The molecule has 0 aromatic rings. The van der Waals surface area contributed by atoms with Crippen LogP contribution in [0.4, 0.5) is 0 Å². The van der Waals surface area contributed by atoms with Gasteiger partial charge in [0, 0.05) is 58.5 Å². The predicted octanol–water partition coefficient (Wildman–Crippen LogP) is 5.63. The van der Waals surface area contributed by atoms with E-state index in [-0.39, 0.29) is 105 Å². The first-order valence-electron chi connectivity index (χ1n) is 27.5. The van der Waals surface area contributed by atoms with E-state index in [4.69, 9.17) is 33.2 Å². The fraction of sp³-hybridized carbons (Fsp3) is 0.772. The topological polar surface area (TPSA) is 248 Å². The van der Waals surface area contributed by atoms with Crippen LogP contribution >= 0.6 is 0 Å². The van der Waals surface area contributed by atoms with Gasteiger partial charge in [0.15, 0.2) is 15.6 Å². The minimum Gasteiger partial charge on any atom is -0.460 e. The lowest BCUT2D eigenvalue weighted by Crippen LogP contribution is -2.61. The number of rotatable bonds is 15. The quantitative estimate of drug-likeness (QED) is 0.102. The van der Waals surface area contributed by atoms with Crippen LogP contribution < -0.4 is 0 Å². The van der Waals surface area contributed by atoms with Gasteiger partial charge in [0.25, 0.3) is 11.7 Å². The maximum Gasteiger partial charge on any atom is 0.329 e. The molecule has 3 aliphatic heterocycles. The van der Waals surface area contributed by atoms with Crippen molar-refractivity contribution in [2.45, 2.75) is 180 Å². The van der Waals surface area contributed by atoms with E-state index in [1.165, 1.54) is 14.2 Å². The largest absolute Gasteiger partial charge is 0.460 e. The SMILES string of the molecule is COCCS(=O)(=O)CCOC1C[C@@H]2CC[C@@H](C)[C@@](O)(O2)C(=O)C(=O)N2CCCC[C@H]2C(=O)O[C@H]([C@H](C)C[C@@H]2CC[C@@H](OCCO)[C@H](OC)C2)CC(=O)[C@H](C)/C=C(\C)[C@@H](O)[C@@H](OC)C(=O)[C@H](C)C[C@H](C)/C=C/C=CC=C1C. The molecule has 2 saturated heterocycles. The number of hydrogen-bond donors (Lipinski definition) is 3. The first kappa shape index (κ1) is 65.0. The molecule has 1 amide bonds. The van der Waals surface area contributed by atoms with Gasteiger partial charge in [-0.05, 0) is 107 Å². The van der Waals surface area contributed by atoms with E-state index in [1.807, 2.05) is 45.1 Å². The van der Waals surface area contributed by atoms with E-state index in [0.29, 0.717) is 62.5 Å². The molecule has 3 fully saturated rings. The van der Waals surface area contributed by atoms with Gasteiger partial charge in [0.1, 0.15) is 30.1 Å². The maximum absolute atomic E-state index is 14.6. The number of carbonyl (C=O) groups is 5. The van der Waals surface area contributed by atoms with Crippen molar-refractivity contribution in [1.29, 1.82) is 0 Å². The number of fused-ring (bicyclic) bond motifs is 3. The molecule has 4 rings (SSSR count). The van der Waals surface area contributed by atoms with Crippen LogP contribution in [-0.2, 0) is 67.0 Å². The van der Waals surface area contributed by atoms with Crippen LogP contribution in [0.25, 0.3) is 0 Å². The molecular formula is C57H91NO17S. The fourth-order valence-corrected chi connectivity index (χ4v) is 12.0. The van der Waals surface area contributed by atoms with Gasteiger partial charge in [0.2, 0.25) is 5.79 Å². The number of ether oxygens (including phenoxy) is 7. The highest BCUT2D eigenvalue weighted by atomic mass is 32.2. The van der Waals surface area contributed by atoms with Gasteiger partial charge in [-0.2, -0.15) is 0 Å². The second kappa shape index (κ2) is 31.3. The minimum atomic E-state index is -3.51. The minimum absolute atomic E-state index is 0.0272. The van der Waals surface area contributed by atoms with Gasteiger partial charge in [-0.15, -0.1) is 0 Å². The lowest BCUT2D eigenvalue weighted by atomic mass is 9.78. The summed E-state index contributed by atoms with van der Waals surface area (Å²) in [4.78, 5) is 72.8. The summed E-state index contributed by atoms with van der Waals surface area (Å²) in [7, 11) is 0.879. The van der Waals surface area contributed by atoms with Gasteiger partial charge >= 0.3 is 5.97 Å². The highest BCUT2D eigenvalue weighted by molar-refractivity contribution is 7.91. The number of carbonyl (C=O) groups excluding carboxylic acids is 5. The molecule has 19 heteroatoms. The summed E-state index contributed by atoms with van der Waals surface area (Å²) in [6.45, 7) is 12.4. The molecule has 76 heavy (non-hydrogen) atoms. The summed E-state index contributed by atoms with van der Waals surface area (Å²) < 4.78 is 66.5. The Morgan fingerprint density at radius 1 is 0.829 bits per heavy atom. The number of methoxy groups -OCH3 is 3. The highest BCUT2D eigenvalue weighted by Gasteiger charge is 2.53. The van der Waals surface area contributed by atoms with Gasteiger partial charge in [-0.1, -0.05) is 71.1 Å². The summed E-state index contributed by atoms with van der Waals surface area (Å²) in [5, 5.41) is 33.1. The van der Waals surface area contributed by atoms with E-state index in [1.54, 1.807) is 47.0 Å². The van der Waals surface area contributed by atoms with Crippen molar-refractivity contribution >= 4 is 39.1 Å². The Morgan fingerprint density at radius 3 is 2.24 bits per heavy atom. The zero-order valence-electron chi connectivity index (χ0n) is 46.9. The van der Waals surface area contributed by atoms with Crippen molar-refractivity contribution in [2.75, 3.05) is 65.8 Å². The van der Waals surface area contributed by atoms with Crippen molar-refractivity contribution in [2.24, 2.45) is 35.5 Å². The van der Waals surface area contributed by atoms with Crippen LogP contribution in [0.2, 0.25) is 0 Å². The standard InChI is InChI=1S/C57H91NO17S/c1-36-16-12-11-13-17-37(2)48(73-27-29-76(67,68)28-26-69-8)34-44-21-19-42(7)57(66,75-44)54(63)55(64)58-23-15-14-18-45(58)56(65)74-49(39(4)32-43-20-22-47(72-25-24-59)50(33-43)70-9)35-46(60)38(3)31-41(6)52(62)53(71-10)51(61)40(5)30-36/h11-13,16-17,31,36,38-40,42-45,47-50,52-53,59,62,66H,14-15,18-30,32-35H2,1-10H3/b13-11?,16-12+,37-17?,41-31+/t36-,38-,39-,40-,42-,43+,44+,45+,47-,48?,49+,50-,52-,53+,57-/m1/s1. The first-order chi connectivity index (χ1) is 36.0. The Labute approximate surface area is 452 Å². The summed E-state index contributed by atoms with van der Waals surface area (Å²) in [5.41, 5.74) is 1.06. The molecule has 2 bridgehead atoms. The molecule has 0 spiro atoms. The lowest BCUT2D eigenvalue weighted by Gasteiger charge is -2.43. The van der Waals surface area contributed by atoms with Crippen molar-refractivity contribution in [1.82, 2.24) is 4.90 Å². The third-order valence-electron chi connectivity index (χ3n) is 15.9. The average Bonchev–Trinajstić information content (AvgIpc) is 3.39. The average molecular weight is 1090 g/mol. The van der Waals surface area contributed by atoms with Crippen LogP contribution in [0.15, 0.2) is 47.6 Å². The molecule has 0 aromatic heterocycles. The molecule has 15 atom stereocenters. The first-order valence-corrected chi connectivity index (χ1v) is 29.3. The van der Waals surface area contributed by atoms with Crippen molar-refractivity contribution in [3.8, 4) is 0 Å². The number of allylic oxidation sites excluding steroid dienone is 6. The van der Waals surface area contributed by atoms with E-state index >= 15 is 0 Å². The molecule has 1 unspecified atom stereocenters. The van der Waals surface area contributed by atoms with Crippen LogP contribution in [-0.4, -0.2) is 178 Å². The number of hydrogen-bond acceptors (Lipinski definition) is 17. The third kappa shape index (κ3) is 18.8. The second-order valence-electron chi connectivity index (χ2n) is 21.9. The smallest absolute Gasteiger partial charge is 0.329 e. The van der Waals surface area contributed by atoms with Gasteiger partial charge < -0.3 is 53.4 Å². The Kier molecular flexibility index (Phi) is 26.8. The Balaban J connectivity index is 1.72. The van der Waals surface area contributed by atoms with E-state index in [0.717, 1.165) is 11.3 Å². The summed E-state index contributed by atoms with van der Waals surface area (Å²) in [6, 6.07) is -1.21. The number of aliphatic hydroxyl groups excluding tert-OH is 2. The van der Waals surface area contributed by atoms with Crippen LogP contribution in [0.3, 0.4) is 0 Å². The second-order valence-corrected chi connectivity index (χ2v) is 24.2. The van der Waals surface area contributed by atoms with E-state index < -0.39 is 87.6 Å². The van der Waals surface area contributed by atoms with Crippen LogP contribution in [0.5, 0.6) is 0 Å². The monoisotopic (exact) mass is 1090 g/mol. The summed E-state index contributed by atoms with van der Waals surface area (Å²) >= 11 is 0. The number of esters is 1. The molecule has 432 valence electrons. The van der Waals surface area contributed by atoms with Crippen molar-refractivity contribution < 1.29 is 80.9 Å². The molecule has 0 aromatic carbocycles. The summed E-state index contributed by atoms with van der Waals surface area (Å²) in [6.07, 6.45) is 10.1. The molecule has 0 radical (unpaired) electrons. The molecule has 3 N–H and O–H groups in total. The van der Waals surface area contributed by atoms with Gasteiger partial charge in [-0.25, -0.2) is 13.2 Å². The normalized spacial score (nSPS) is 35.4. The lowest BCUT2D eigenvalue weighted by molar-refractivity contribution is -0.266. The maximum atomic E-state index is 14.6. The zero-order valence-corrected chi connectivity index (χ0v) is 47.7. The van der Waals surface area contributed by atoms with Gasteiger partial charge in [0.05, 0.1) is 62.3 Å². The van der Waals surface area contributed by atoms with Crippen molar-refractivity contribution in [3.63, 3.8) is 0 Å². The number of piperidine rings is 1. The number of ketones is 3. The number of cyclic esters (lactones) is 1. The van der Waals surface area contributed by atoms with Crippen LogP contribution in [0.1, 0.15) is 126 Å². The molecule has 4 aliphatic rings. The molecule has 3 heterocycles. The van der Waals surface area contributed by atoms with Crippen molar-refractivity contribution in [3.05, 3.63) is 47.6 Å². The Morgan fingerprint density at radius 2 is 1.55 bits per heavy atom. The van der Waals surface area contributed by atoms with E-state index in [2.05, 4.69) is 0 Å². The Hall–Kier alpha value is -3.50. The number of sulfone groups is 1. The zero-order chi connectivity index (χ0) is 56.3. The molecule has 18 nitrogen and oxygen atoms in total. The molecule has 1 aliphatic carbocycles. The van der Waals surface area contributed by atoms with E-state index in [9.17, 15) is 47.7 Å².